The van der Waals surface area contributed by atoms with Crippen molar-refractivity contribution in [2.75, 3.05) is 12.3 Å². The van der Waals surface area contributed by atoms with Gasteiger partial charge < -0.3 is 10.8 Å². The smallest absolute Gasteiger partial charge is 0.200 e. The molecule has 0 unspecified atom stereocenters. The Bertz CT molecular complexity index is 244. The molecule has 0 radical (unpaired) electrons. The first-order chi connectivity index (χ1) is 4.75. The van der Waals surface area contributed by atoms with Gasteiger partial charge in [-0.1, -0.05) is 0 Å². The van der Waals surface area contributed by atoms with Crippen LogP contribution in [-0.2, 0) is 0 Å². The predicted octanol–water partition coefficient (Wildman–Crippen LogP) is 0.505. The summed E-state index contributed by atoms with van der Waals surface area (Å²) in [7, 11) is 0. The summed E-state index contributed by atoms with van der Waals surface area (Å²) in [5.41, 5.74) is 5.84. The highest BCUT2D eigenvalue weighted by atomic mass is 32.1. The molecule has 0 saturated heterocycles. The Morgan fingerprint density at radius 2 is 2.50 bits per heavy atom. The minimum Gasteiger partial charge on any atom is -0.397 e. The third-order valence-electron chi connectivity index (χ3n) is 1.09. The summed E-state index contributed by atoms with van der Waals surface area (Å²) >= 11 is 1.25. The largest absolute Gasteiger partial charge is 0.397 e. The molecule has 10 heavy (non-hydrogen) atoms. The van der Waals surface area contributed by atoms with Gasteiger partial charge in [0.15, 0.2) is 5.78 Å². The molecule has 3 nitrogen and oxygen atoms in total. The van der Waals surface area contributed by atoms with Gasteiger partial charge in [0.2, 0.25) is 0 Å². The quantitative estimate of drug-likeness (QED) is 0.614. The lowest BCUT2D eigenvalue weighted by molar-refractivity contribution is 0.0908. The fraction of sp³-hybridized carbons (Fsp3) is 0.167. The van der Waals surface area contributed by atoms with Gasteiger partial charge in [-0.3, -0.25) is 4.79 Å². The summed E-state index contributed by atoms with van der Waals surface area (Å²) < 4.78 is 0. The van der Waals surface area contributed by atoms with Crippen LogP contribution in [-0.4, -0.2) is 17.5 Å². The van der Waals surface area contributed by atoms with Crippen LogP contribution in [0.1, 0.15) is 9.67 Å². The van der Waals surface area contributed by atoms with Crippen molar-refractivity contribution in [2.24, 2.45) is 0 Å². The van der Waals surface area contributed by atoms with E-state index in [0.717, 1.165) is 0 Å². The summed E-state index contributed by atoms with van der Waals surface area (Å²) in [6.45, 7) is -0.468. The van der Waals surface area contributed by atoms with Gasteiger partial charge in [0.25, 0.3) is 0 Å². The molecule has 0 aliphatic heterocycles. The highest BCUT2D eigenvalue weighted by Crippen LogP contribution is 2.18. The standard InChI is InChI=1S/C6H7NO2S/c7-4-1-2-10-6(4)5(9)3-8/h1-2,8H,3,7H2. The van der Waals surface area contributed by atoms with Crippen molar-refractivity contribution < 1.29 is 9.90 Å². The minimum atomic E-state index is -0.468. The summed E-state index contributed by atoms with van der Waals surface area (Å²) in [6, 6.07) is 1.65. The zero-order valence-electron chi connectivity index (χ0n) is 5.20. The molecule has 4 heteroatoms. The summed E-state index contributed by atoms with van der Waals surface area (Å²) in [5, 5.41) is 10.2. The molecule has 1 aromatic heterocycles. The van der Waals surface area contributed by atoms with Gasteiger partial charge in [0.1, 0.15) is 6.61 Å². The molecular formula is C6H7NO2S. The second kappa shape index (κ2) is 2.81. The first kappa shape index (κ1) is 7.24. The molecule has 0 aliphatic carbocycles. The number of carbonyl (C=O) groups excluding carboxylic acids is 1. The van der Waals surface area contributed by atoms with E-state index in [0.29, 0.717) is 10.6 Å². The topological polar surface area (TPSA) is 63.3 Å². The van der Waals surface area contributed by atoms with Gasteiger partial charge in [0, 0.05) is 0 Å². The van der Waals surface area contributed by atoms with Crippen molar-refractivity contribution in [2.45, 2.75) is 0 Å². The normalized spacial score (nSPS) is 9.70. The number of nitrogens with two attached hydrogens (primary N) is 1. The number of rotatable bonds is 2. The highest BCUT2D eigenvalue weighted by molar-refractivity contribution is 7.12. The van der Waals surface area contributed by atoms with Crippen molar-refractivity contribution in [1.29, 1.82) is 0 Å². The van der Waals surface area contributed by atoms with Crippen LogP contribution in [0, 0.1) is 0 Å². The molecular weight excluding hydrogens is 150 g/mol. The van der Waals surface area contributed by atoms with E-state index < -0.39 is 6.61 Å². The van der Waals surface area contributed by atoms with Gasteiger partial charge >= 0.3 is 0 Å². The minimum absolute atomic E-state index is 0.312. The maximum absolute atomic E-state index is 10.8. The average molecular weight is 157 g/mol. The van der Waals surface area contributed by atoms with E-state index in [1.54, 1.807) is 11.4 Å². The Balaban J connectivity index is 2.93. The van der Waals surface area contributed by atoms with Crippen molar-refractivity contribution in [3.63, 3.8) is 0 Å². The van der Waals surface area contributed by atoms with E-state index in [9.17, 15) is 4.79 Å². The SMILES string of the molecule is Nc1ccsc1C(=O)CO. The number of ketones is 1. The Kier molecular flexibility index (Phi) is 2.03. The first-order valence-corrected chi connectivity index (χ1v) is 3.60. The number of nitrogen functional groups attached to an aromatic ring is 1. The molecule has 0 bridgehead atoms. The lowest BCUT2D eigenvalue weighted by Crippen LogP contribution is -2.04. The fourth-order valence-electron chi connectivity index (χ4n) is 0.618. The van der Waals surface area contributed by atoms with E-state index in [1.807, 2.05) is 0 Å². The molecule has 0 spiro atoms. The fourth-order valence-corrected chi connectivity index (χ4v) is 1.37. The average Bonchev–Trinajstić information content (AvgIpc) is 2.34. The van der Waals surface area contributed by atoms with Crippen molar-refractivity contribution in [1.82, 2.24) is 0 Å². The van der Waals surface area contributed by atoms with E-state index >= 15 is 0 Å². The number of hydrogen-bond acceptors (Lipinski definition) is 4. The third-order valence-corrected chi connectivity index (χ3v) is 2.06. The maximum atomic E-state index is 10.8. The van der Waals surface area contributed by atoms with Crippen molar-refractivity contribution in [3.05, 3.63) is 16.3 Å². The van der Waals surface area contributed by atoms with Crippen LogP contribution in [0.25, 0.3) is 0 Å². The summed E-state index contributed by atoms with van der Waals surface area (Å²) in [5.74, 6) is -0.312. The number of Topliss-reactive ketones (excluding diaryl/α,β-unsaturated/α-hetero) is 1. The van der Waals surface area contributed by atoms with E-state index in [4.69, 9.17) is 10.8 Å². The Labute approximate surface area is 62.1 Å². The molecule has 3 N–H and O–H groups in total. The molecule has 54 valence electrons. The summed E-state index contributed by atoms with van der Waals surface area (Å²) in [6.07, 6.45) is 0. The monoisotopic (exact) mass is 157 g/mol. The second-order valence-electron chi connectivity index (χ2n) is 1.79. The zero-order valence-corrected chi connectivity index (χ0v) is 6.02. The van der Waals surface area contributed by atoms with Gasteiger partial charge in [-0.05, 0) is 11.4 Å². The van der Waals surface area contributed by atoms with Crippen LogP contribution in [0.15, 0.2) is 11.4 Å². The van der Waals surface area contributed by atoms with Crippen molar-refractivity contribution >= 4 is 22.8 Å². The van der Waals surface area contributed by atoms with Crippen molar-refractivity contribution in [3.8, 4) is 0 Å². The van der Waals surface area contributed by atoms with E-state index in [2.05, 4.69) is 0 Å². The second-order valence-corrected chi connectivity index (χ2v) is 2.70. The van der Waals surface area contributed by atoms with Gasteiger partial charge in [-0.2, -0.15) is 0 Å². The number of carbonyl (C=O) groups is 1. The Morgan fingerprint density at radius 3 is 2.90 bits per heavy atom. The highest BCUT2D eigenvalue weighted by Gasteiger charge is 2.08. The van der Waals surface area contributed by atoms with Crippen LogP contribution in [0.4, 0.5) is 5.69 Å². The van der Waals surface area contributed by atoms with Gasteiger partial charge in [0.05, 0.1) is 10.6 Å². The predicted molar refractivity (Wildman–Crippen MR) is 40.1 cm³/mol. The van der Waals surface area contributed by atoms with E-state index in [-0.39, 0.29) is 5.78 Å². The number of aliphatic hydroxyl groups is 1. The lowest BCUT2D eigenvalue weighted by Gasteiger charge is -1.91. The molecule has 0 atom stereocenters. The molecule has 1 aromatic rings. The van der Waals surface area contributed by atoms with Crippen LogP contribution < -0.4 is 5.73 Å². The molecule has 0 fully saturated rings. The molecule has 0 saturated carbocycles. The third kappa shape index (κ3) is 1.17. The van der Waals surface area contributed by atoms with Gasteiger partial charge in [-0.25, -0.2) is 0 Å². The van der Waals surface area contributed by atoms with E-state index in [1.165, 1.54) is 11.3 Å². The Morgan fingerprint density at radius 1 is 1.80 bits per heavy atom. The number of aliphatic hydroxyl groups excluding tert-OH is 1. The maximum Gasteiger partial charge on any atom is 0.200 e. The molecule has 1 heterocycles. The van der Waals surface area contributed by atoms with Crippen LogP contribution >= 0.6 is 11.3 Å². The van der Waals surface area contributed by atoms with Crippen LogP contribution in [0.3, 0.4) is 0 Å². The molecule has 0 aliphatic rings. The number of thiophene rings is 1. The van der Waals surface area contributed by atoms with Crippen LogP contribution in [0.2, 0.25) is 0 Å². The Hall–Kier alpha value is -0.870. The lowest BCUT2D eigenvalue weighted by atomic mass is 10.3. The van der Waals surface area contributed by atoms with Crippen LogP contribution in [0.5, 0.6) is 0 Å². The first-order valence-electron chi connectivity index (χ1n) is 2.72. The number of anilines is 1. The van der Waals surface area contributed by atoms with Gasteiger partial charge in [-0.15, -0.1) is 11.3 Å². The molecule has 0 aromatic carbocycles. The molecule has 0 amide bonds. The molecule has 1 rings (SSSR count). The summed E-state index contributed by atoms with van der Waals surface area (Å²) in [4.78, 5) is 11.2. The zero-order chi connectivity index (χ0) is 7.56. The number of hydrogen-bond donors (Lipinski definition) is 2.